The third-order valence-electron chi connectivity index (χ3n) is 3.44. The summed E-state index contributed by atoms with van der Waals surface area (Å²) < 4.78 is 4.93. The summed E-state index contributed by atoms with van der Waals surface area (Å²) >= 11 is 0. The van der Waals surface area contributed by atoms with E-state index in [2.05, 4.69) is 29.6 Å². The first kappa shape index (κ1) is 15.3. The third kappa shape index (κ3) is 4.72. The molecular formula is C18H21NO2. The van der Waals surface area contributed by atoms with Crippen molar-refractivity contribution in [1.82, 2.24) is 5.32 Å². The van der Waals surface area contributed by atoms with E-state index in [9.17, 15) is 4.79 Å². The smallest absolute Gasteiger partial charge is 0.222 e. The number of benzene rings is 2. The number of nitrogens with one attached hydrogen (secondary N) is 1. The van der Waals surface area contributed by atoms with Gasteiger partial charge in [-0.05, 0) is 11.1 Å². The highest BCUT2D eigenvalue weighted by Gasteiger charge is 2.14. The van der Waals surface area contributed by atoms with Crippen molar-refractivity contribution in [2.24, 2.45) is 0 Å². The second kappa shape index (κ2) is 8.22. The van der Waals surface area contributed by atoms with Crippen molar-refractivity contribution in [2.75, 3.05) is 20.3 Å². The van der Waals surface area contributed by atoms with Gasteiger partial charge in [-0.25, -0.2) is 0 Å². The Morgan fingerprint density at radius 2 is 1.52 bits per heavy atom. The molecule has 1 N–H and O–H groups in total. The summed E-state index contributed by atoms with van der Waals surface area (Å²) in [6, 6.07) is 20.5. The molecule has 1 amide bonds. The van der Waals surface area contributed by atoms with Crippen LogP contribution in [-0.2, 0) is 9.53 Å². The molecule has 2 aromatic rings. The van der Waals surface area contributed by atoms with Gasteiger partial charge in [-0.15, -0.1) is 0 Å². The van der Waals surface area contributed by atoms with Gasteiger partial charge in [0.25, 0.3) is 0 Å². The molecule has 0 heterocycles. The molecule has 0 atom stereocenters. The van der Waals surface area contributed by atoms with Gasteiger partial charge in [-0.1, -0.05) is 60.7 Å². The highest BCUT2D eigenvalue weighted by Crippen LogP contribution is 2.23. The van der Waals surface area contributed by atoms with Crippen LogP contribution in [0.3, 0.4) is 0 Å². The zero-order chi connectivity index (χ0) is 14.9. The first-order chi connectivity index (χ1) is 10.3. The average molecular weight is 283 g/mol. The van der Waals surface area contributed by atoms with E-state index in [0.29, 0.717) is 19.6 Å². The molecule has 0 spiro atoms. The number of rotatable bonds is 7. The van der Waals surface area contributed by atoms with Crippen LogP contribution >= 0.6 is 0 Å². The van der Waals surface area contributed by atoms with Gasteiger partial charge in [0.05, 0.1) is 6.61 Å². The number of carbonyl (C=O) groups is 1. The Kier molecular flexibility index (Phi) is 5.98. The Hall–Kier alpha value is -2.13. The van der Waals surface area contributed by atoms with Crippen molar-refractivity contribution in [2.45, 2.75) is 12.3 Å². The first-order valence-electron chi connectivity index (χ1n) is 7.17. The second-order valence-corrected chi connectivity index (χ2v) is 4.92. The summed E-state index contributed by atoms with van der Waals surface area (Å²) in [5.74, 6) is 0.188. The van der Waals surface area contributed by atoms with Crippen molar-refractivity contribution < 1.29 is 9.53 Å². The lowest BCUT2D eigenvalue weighted by molar-refractivity contribution is -0.121. The van der Waals surface area contributed by atoms with Gasteiger partial charge in [-0.3, -0.25) is 4.79 Å². The molecule has 0 unspecified atom stereocenters. The highest BCUT2D eigenvalue weighted by molar-refractivity contribution is 5.76. The molecule has 0 aliphatic heterocycles. The number of amides is 1. The van der Waals surface area contributed by atoms with Crippen molar-refractivity contribution in [3.05, 3.63) is 71.8 Å². The molecular weight excluding hydrogens is 262 g/mol. The fraction of sp³-hybridized carbons (Fsp3) is 0.278. The SMILES string of the molecule is COCCC(=O)NCC(c1ccccc1)c1ccccc1. The molecule has 3 nitrogen and oxygen atoms in total. The lowest BCUT2D eigenvalue weighted by Gasteiger charge is -2.18. The Morgan fingerprint density at radius 1 is 1.00 bits per heavy atom. The Balaban J connectivity index is 2.09. The van der Waals surface area contributed by atoms with Crippen LogP contribution in [0.1, 0.15) is 23.5 Å². The molecule has 0 radical (unpaired) electrons. The van der Waals surface area contributed by atoms with Gasteiger partial charge in [0.1, 0.15) is 0 Å². The summed E-state index contributed by atoms with van der Waals surface area (Å²) in [4.78, 5) is 11.8. The monoisotopic (exact) mass is 283 g/mol. The van der Waals surface area contributed by atoms with Crippen LogP contribution in [0.15, 0.2) is 60.7 Å². The van der Waals surface area contributed by atoms with Crippen LogP contribution in [0.4, 0.5) is 0 Å². The van der Waals surface area contributed by atoms with Crippen LogP contribution in [-0.4, -0.2) is 26.2 Å². The molecule has 0 aliphatic rings. The fourth-order valence-corrected chi connectivity index (χ4v) is 2.30. The predicted octanol–water partition coefficient (Wildman–Crippen LogP) is 2.97. The lowest BCUT2D eigenvalue weighted by atomic mass is 9.91. The molecule has 110 valence electrons. The van der Waals surface area contributed by atoms with Crippen molar-refractivity contribution in [1.29, 1.82) is 0 Å². The summed E-state index contributed by atoms with van der Waals surface area (Å²) in [7, 11) is 1.60. The highest BCUT2D eigenvalue weighted by atomic mass is 16.5. The summed E-state index contributed by atoms with van der Waals surface area (Å²) in [5.41, 5.74) is 2.41. The van der Waals surface area contributed by atoms with Gasteiger partial charge in [0.15, 0.2) is 0 Å². The molecule has 0 saturated carbocycles. The molecule has 0 aliphatic carbocycles. The molecule has 2 aromatic carbocycles. The minimum atomic E-state index is 0.0220. The summed E-state index contributed by atoms with van der Waals surface area (Å²) in [5, 5.41) is 3.00. The standard InChI is InChI=1S/C18H21NO2/c1-21-13-12-18(20)19-14-17(15-8-4-2-5-9-15)16-10-6-3-7-11-16/h2-11,17H,12-14H2,1H3,(H,19,20). The van der Waals surface area contributed by atoms with Gasteiger partial charge in [0, 0.05) is 26.0 Å². The second-order valence-electron chi connectivity index (χ2n) is 4.92. The maximum absolute atomic E-state index is 11.8. The minimum absolute atomic E-state index is 0.0220. The molecule has 3 heteroatoms. The zero-order valence-corrected chi connectivity index (χ0v) is 12.3. The molecule has 0 aromatic heterocycles. The van der Waals surface area contributed by atoms with E-state index >= 15 is 0 Å². The number of hydrogen-bond acceptors (Lipinski definition) is 2. The van der Waals surface area contributed by atoms with Gasteiger partial charge in [-0.2, -0.15) is 0 Å². The molecule has 0 fully saturated rings. The topological polar surface area (TPSA) is 38.3 Å². The summed E-state index contributed by atoms with van der Waals surface area (Å²) in [6.07, 6.45) is 0.396. The predicted molar refractivity (Wildman–Crippen MR) is 84.2 cm³/mol. The number of carbonyl (C=O) groups excluding carboxylic acids is 1. The number of ether oxygens (including phenoxy) is 1. The van der Waals surface area contributed by atoms with Crippen LogP contribution in [0, 0.1) is 0 Å². The fourth-order valence-electron chi connectivity index (χ4n) is 2.30. The minimum Gasteiger partial charge on any atom is -0.384 e. The molecule has 0 saturated heterocycles. The average Bonchev–Trinajstić information content (AvgIpc) is 2.55. The van der Waals surface area contributed by atoms with E-state index in [1.807, 2.05) is 36.4 Å². The van der Waals surface area contributed by atoms with Crippen LogP contribution < -0.4 is 5.32 Å². The first-order valence-corrected chi connectivity index (χ1v) is 7.17. The molecule has 0 bridgehead atoms. The van der Waals surface area contributed by atoms with Crippen molar-refractivity contribution in [3.8, 4) is 0 Å². The maximum Gasteiger partial charge on any atom is 0.222 e. The van der Waals surface area contributed by atoms with E-state index in [0.717, 1.165) is 0 Å². The van der Waals surface area contributed by atoms with E-state index in [-0.39, 0.29) is 11.8 Å². The van der Waals surface area contributed by atoms with Gasteiger partial charge < -0.3 is 10.1 Å². The van der Waals surface area contributed by atoms with E-state index in [1.54, 1.807) is 7.11 Å². The van der Waals surface area contributed by atoms with Gasteiger partial charge >= 0.3 is 0 Å². The van der Waals surface area contributed by atoms with Crippen LogP contribution in [0.2, 0.25) is 0 Å². The Labute approximate surface area is 126 Å². The zero-order valence-electron chi connectivity index (χ0n) is 12.3. The Bertz CT molecular complexity index is 500. The van der Waals surface area contributed by atoms with Crippen LogP contribution in [0.5, 0.6) is 0 Å². The number of hydrogen-bond donors (Lipinski definition) is 1. The molecule has 2 rings (SSSR count). The largest absolute Gasteiger partial charge is 0.384 e. The van der Waals surface area contributed by atoms with E-state index in [4.69, 9.17) is 4.74 Å². The lowest BCUT2D eigenvalue weighted by Crippen LogP contribution is -2.29. The summed E-state index contributed by atoms with van der Waals surface area (Å²) in [6.45, 7) is 1.05. The third-order valence-corrected chi connectivity index (χ3v) is 3.44. The maximum atomic E-state index is 11.8. The van der Waals surface area contributed by atoms with Gasteiger partial charge in [0.2, 0.25) is 5.91 Å². The molecule has 21 heavy (non-hydrogen) atoms. The van der Waals surface area contributed by atoms with E-state index < -0.39 is 0 Å². The van der Waals surface area contributed by atoms with Crippen LogP contribution in [0.25, 0.3) is 0 Å². The normalized spacial score (nSPS) is 10.6. The van der Waals surface area contributed by atoms with Crippen molar-refractivity contribution in [3.63, 3.8) is 0 Å². The van der Waals surface area contributed by atoms with Crippen molar-refractivity contribution >= 4 is 5.91 Å². The number of methoxy groups -OCH3 is 1. The Morgan fingerprint density at radius 3 is 2.00 bits per heavy atom. The van der Waals surface area contributed by atoms with E-state index in [1.165, 1.54) is 11.1 Å². The quantitative estimate of drug-likeness (QED) is 0.848.